The summed E-state index contributed by atoms with van der Waals surface area (Å²) in [6.45, 7) is 0.445. The number of hydrogen-bond donors (Lipinski definition) is 2. The Labute approximate surface area is 149 Å². The number of aromatic nitrogens is 2. The molecular weight excluding hydrogens is 360 g/mol. The largest absolute Gasteiger partial charge is 0.352 e. The van der Waals surface area contributed by atoms with Crippen molar-refractivity contribution in [1.29, 1.82) is 0 Å². The molecule has 3 N–H and O–H groups in total. The van der Waals surface area contributed by atoms with Crippen LogP contribution in [-0.4, -0.2) is 30.7 Å². The van der Waals surface area contributed by atoms with Crippen molar-refractivity contribution in [1.82, 2.24) is 15.1 Å². The Morgan fingerprint density at radius 1 is 1.28 bits per heavy atom. The lowest BCUT2D eigenvalue weighted by atomic mass is 10.1. The zero-order chi connectivity index (χ0) is 17.9. The Morgan fingerprint density at radius 2 is 2.04 bits per heavy atom. The number of sulfonamides is 1. The standard InChI is InChI=1S/C16H16N4O3S2/c17-25(22,23)15-10-13(11-24-15)16(21)18-8-6-12-2-4-14(5-3-12)20-9-1-7-19-20/h1-5,7,9-11H,6,8H2,(H,18,21)(H2,17,22,23). The third-order valence-corrected chi connectivity index (χ3v) is 5.91. The highest BCUT2D eigenvalue weighted by atomic mass is 32.2. The molecule has 7 nitrogen and oxygen atoms in total. The molecule has 25 heavy (non-hydrogen) atoms. The second-order valence-electron chi connectivity index (χ2n) is 5.32. The minimum absolute atomic E-state index is 0.0214. The van der Waals surface area contributed by atoms with Gasteiger partial charge in [-0.05, 0) is 36.2 Å². The Morgan fingerprint density at radius 3 is 2.64 bits per heavy atom. The van der Waals surface area contributed by atoms with Crippen LogP contribution in [0.3, 0.4) is 0 Å². The predicted octanol–water partition coefficient (Wildman–Crippen LogP) is 1.55. The molecule has 0 saturated heterocycles. The molecule has 0 spiro atoms. The van der Waals surface area contributed by atoms with Crippen LogP contribution in [0, 0.1) is 0 Å². The van der Waals surface area contributed by atoms with E-state index >= 15 is 0 Å². The SMILES string of the molecule is NS(=O)(=O)c1cc(C(=O)NCCc2ccc(-n3cccn3)cc2)cs1. The first kappa shape index (κ1) is 17.3. The highest BCUT2D eigenvalue weighted by Gasteiger charge is 2.14. The normalized spacial score (nSPS) is 11.4. The molecule has 2 heterocycles. The highest BCUT2D eigenvalue weighted by Crippen LogP contribution is 2.18. The first-order chi connectivity index (χ1) is 11.9. The van der Waals surface area contributed by atoms with Gasteiger partial charge in [-0.3, -0.25) is 4.79 Å². The van der Waals surface area contributed by atoms with Crippen LogP contribution >= 0.6 is 11.3 Å². The van der Waals surface area contributed by atoms with E-state index in [0.29, 0.717) is 18.5 Å². The number of carbonyl (C=O) groups is 1. The summed E-state index contributed by atoms with van der Waals surface area (Å²) >= 11 is 0.933. The van der Waals surface area contributed by atoms with Crippen molar-refractivity contribution < 1.29 is 13.2 Å². The molecule has 0 unspecified atom stereocenters. The summed E-state index contributed by atoms with van der Waals surface area (Å²) in [4.78, 5) is 12.0. The fourth-order valence-electron chi connectivity index (χ4n) is 2.24. The van der Waals surface area contributed by atoms with Crippen LogP contribution in [-0.2, 0) is 16.4 Å². The van der Waals surface area contributed by atoms with E-state index in [4.69, 9.17) is 5.14 Å². The molecule has 0 saturated carbocycles. The Balaban J connectivity index is 1.54. The summed E-state index contributed by atoms with van der Waals surface area (Å²) in [5.41, 5.74) is 2.33. The van der Waals surface area contributed by atoms with E-state index in [2.05, 4.69) is 10.4 Å². The summed E-state index contributed by atoms with van der Waals surface area (Å²) in [7, 11) is -3.77. The van der Waals surface area contributed by atoms with Crippen molar-refractivity contribution in [2.75, 3.05) is 6.54 Å². The molecule has 9 heteroatoms. The van der Waals surface area contributed by atoms with Crippen LogP contribution in [0.1, 0.15) is 15.9 Å². The topological polar surface area (TPSA) is 107 Å². The molecule has 0 bridgehead atoms. The maximum atomic E-state index is 12.0. The van der Waals surface area contributed by atoms with Crippen LogP contribution < -0.4 is 10.5 Å². The summed E-state index contributed by atoms with van der Waals surface area (Å²) in [5.74, 6) is -0.320. The van der Waals surface area contributed by atoms with Crippen molar-refractivity contribution in [2.45, 2.75) is 10.6 Å². The summed E-state index contributed by atoms with van der Waals surface area (Å²) in [5, 5.41) is 13.5. The van der Waals surface area contributed by atoms with Gasteiger partial charge in [0.25, 0.3) is 5.91 Å². The number of nitrogens with one attached hydrogen (secondary N) is 1. The maximum Gasteiger partial charge on any atom is 0.252 e. The molecule has 3 aromatic rings. The van der Waals surface area contributed by atoms with Gasteiger partial charge in [0.15, 0.2) is 0 Å². The maximum absolute atomic E-state index is 12.0. The van der Waals surface area contributed by atoms with Crippen molar-refractivity contribution in [3.05, 3.63) is 65.3 Å². The van der Waals surface area contributed by atoms with Crippen LogP contribution in [0.2, 0.25) is 0 Å². The van der Waals surface area contributed by atoms with Gasteiger partial charge >= 0.3 is 0 Å². The van der Waals surface area contributed by atoms with Gasteiger partial charge in [-0.1, -0.05) is 12.1 Å². The molecule has 0 aliphatic rings. The number of primary sulfonamides is 1. The molecule has 3 rings (SSSR count). The van der Waals surface area contributed by atoms with Gasteiger partial charge in [-0.25, -0.2) is 18.2 Å². The molecule has 1 amide bonds. The second kappa shape index (κ2) is 7.18. The molecule has 0 atom stereocenters. The Kier molecular flexibility index (Phi) is 4.98. The summed E-state index contributed by atoms with van der Waals surface area (Å²) < 4.78 is 24.2. The third kappa shape index (κ3) is 4.32. The Bertz CT molecular complexity index is 961. The molecule has 1 aromatic carbocycles. The minimum Gasteiger partial charge on any atom is -0.352 e. The summed E-state index contributed by atoms with van der Waals surface area (Å²) in [6.07, 6.45) is 4.25. The first-order valence-corrected chi connectivity index (χ1v) is 9.84. The number of carbonyl (C=O) groups excluding carboxylic acids is 1. The van der Waals surface area contributed by atoms with Gasteiger partial charge in [0.1, 0.15) is 4.21 Å². The lowest BCUT2D eigenvalue weighted by Gasteiger charge is -2.06. The molecule has 2 aromatic heterocycles. The van der Waals surface area contributed by atoms with E-state index in [1.165, 1.54) is 11.4 Å². The summed E-state index contributed by atoms with van der Waals surface area (Å²) in [6, 6.07) is 11.0. The van der Waals surface area contributed by atoms with Crippen LogP contribution in [0.4, 0.5) is 0 Å². The number of benzene rings is 1. The van der Waals surface area contributed by atoms with Gasteiger partial charge < -0.3 is 5.32 Å². The van der Waals surface area contributed by atoms with E-state index in [1.54, 1.807) is 10.9 Å². The minimum atomic E-state index is -3.77. The van der Waals surface area contributed by atoms with Gasteiger partial charge in [-0.2, -0.15) is 5.10 Å². The number of thiophene rings is 1. The molecule has 0 aliphatic carbocycles. The predicted molar refractivity (Wildman–Crippen MR) is 95.3 cm³/mol. The quantitative estimate of drug-likeness (QED) is 0.680. The molecular formula is C16H16N4O3S2. The molecule has 0 aliphatic heterocycles. The van der Waals surface area contributed by atoms with E-state index in [9.17, 15) is 13.2 Å². The monoisotopic (exact) mass is 376 g/mol. The second-order valence-corrected chi connectivity index (χ2v) is 8.02. The fraction of sp³-hybridized carbons (Fsp3) is 0.125. The van der Waals surface area contributed by atoms with E-state index in [0.717, 1.165) is 22.6 Å². The zero-order valence-electron chi connectivity index (χ0n) is 13.1. The average Bonchev–Trinajstić information content (AvgIpc) is 3.27. The molecule has 0 radical (unpaired) electrons. The highest BCUT2D eigenvalue weighted by molar-refractivity contribution is 7.91. The number of nitrogens with zero attached hydrogens (tertiary/aromatic N) is 2. The molecule has 0 fully saturated rings. The third-order valence-electron chi connectivity index (χ3n) is 3.52. The smallest absolute Gasteiger partial charge is 0.252 e. The van der Waals surface area contributed by atoms with Crippen LogP contribution in [0.15, 0.2) is 58.4 Å². The van der Waals surface area contributed by atoms with Crippen LogP contribution in [0.5, 0.6) is 0 Å². The first-order valence-electron chi connectivity index (χ1n) is 7.42. The van der Waals surface area contributed by atoms with Gasteiger partial charge in [-0.15, -0.1) is 11.3 Å². The van der Waals surface area contributed by atoms with Gasteiger partial charge in [0, 0.05) is 24.3 Å². The van der Waals surface area contributed by atoms with Crippen molar-refractivity contribution in [3.63, 3.8) is 0 Å². The number of nitrogens with two attached hydrogens (primary N) is 1. The van der Waals surface area contributed by atoms with E-state index < -0.39 is 10.0 Å². The van der Waals surface area contributed by atoms with Gasteiger partial charge in [0.05, 0.1) is 11.3 Å². The number of hydrogen-bond acceptors (Lipinski definition) is 5. The number of rotatable bonds is 6. The lowest BCUT2D eigenvalue weighted by Crippen LogP contribution is -2.25. The number of amides is 1. The molecule has 130 valence electrons. The Hall–Kier alpha value is -2.49. The fourth-order valence-corrected chi connectivity index (χ4v) is 3.83. The zero-order valence-corrected chi connectivity index (χ0v) is 14.8. The van der Waals surface area contributed by atoms with Crippen molar-refractivity contribution >= 4 is 27.3 Å². The van der Waals surface area contributed by atoms with E-state index in [1.807, 2.05) is 36.5 Å². The lowest BCUT2D eigenvalue weighted by molar-refractivity contribution is 0.0954. The average molecular weight is 376 g/mol. The van der Waals surface area contributed by atoms with Crippen LogP contribution in [0.25, 0.3) is 5.69 Å². The van der Waals surface area contributed by atoms with Crippen molar-refractivity contribution in [2.24, 2.45) is 5.14 Å². The van der Waals surface area contributed by atoms with Crippen molar-refractivity contribution in [3.8, 4) is 5.69 Å². The van der Waals surface area contributed by atoms with E-state index in [-0.39, 0.29) is 10.1 Å². The van der Waals surface area contributed by atoms with Gasteiger partial charge in [0.2, 0.25) is 10.0 Å².